The summed E-state index contributed by atoms with van der Waals surface area (Å²) in [7, 11) is -2.24. The van der Waals surface area contributed by atoms with Gasteiger partial charge >= 0.3 is 0 Å². The van der Waals surface area contributed by atoms with Gasteiger partial charge in [-0.3, -0.25) is 0 Å². The van der Waals surface area contributed by atoms with Crippen molar-refractivity contribution in [3.63, 3.8) is 0 Å². The third-order valence-corrected chi connectivity index (χ3v) is 6.57. The molecule has 0 radical (unpaired) electrons. The smallest absolute Gasteiger partial charge is 0.145 e. The fourth-order valence-electron chi connectivity index (χ4n) is 1.95. The van der Waals surface area contributed by atoms with Crippen molar-refractivity contribution in [1.29, 1.82) is 0 Å². The lowest BCUT2D eigenvalue weighted by Crippen LogP contribution is -2.54. The van der Waals surface area contributed by atoms with E-state index in [1.807, 2.05) is 60.7 Å². The number of halogens is 1. The topological polar surface area (TPSA) is 0 Å². The van der Waals surface area contributed by atoms with E-state index in [9.17, 15) is 4.39 Å². The molecule has 2 aromatic rings. The maximum Gasteiger partial charge on any atom is 0.199 e. The first-order valence-corrected chi connectivity index (χ1v) is 8.01. The molecule has 0 N–H and O–H groups in total. The summed E-state index contributed by atoms with van der Waals surface area (Å²) in [5.74, 6) is 0. The standard InChI is InChI=1S/C15H13FSi/c1-17(13-12-16,14-8-4-2-5-9-14)15-10-6-3-7-11-15/h2-11H,1H3. The maximum atomic E-state index is 12.5. The van der Waals surface area contributed by atoms with Gasteiger partial charge in [0.2, 0.25) is 0 Å². The SMILES string of the molecule is C[Si](C#CF)(c1ccccc1)c1ccccc1. The molecule has 0 heterocycles. The zero-order valence-corrected chi connectivity index (χ0v) is 10.7. The largest absolute Gasteiger partial charge is 0.199 e. The summed E-state index contributed by atoms with van der Waals surface area (Å²) in [5, 5.41) is 2.27. The van der Waals surface area contributed by atoms with Crippen LogP contribution in [0.1, 0.15) is 0 Å². The van der Waals surface area contributed by atoms with E-state index in [0.29, 0.717) is 0 Å². The molecule has 0 saturated carbocycles. The first-order valence-electron chi connectivity index (χ1n) is 5.51. The van der Waals surface area contributed by atoms with Crippen LogP contribution in [0.5, 0.6) is 0 Å². The van der Waals surface area contributed by atoms with E-state index in [-0.39, 0.29) is 0 Å². The average molecular weight is 240 g/mol. The molecule has 0 saturated heterocycles. The van der Waals surface area contributed by atoms with Gasteiger partial charge in [-0.15, -0.1) is 4.39 Å². The van der Waals surface area contributed by atoms with Crippen LogP contribution in [0.3, 0.4) is 0 Å². The van der Waals surface area contributed by atoms with Gasteiger partial charge in [-0.2, -0.15) is 0 Å². The van der Waals surface area contributed by atoms with Crippen LogP contribution < -0.4 is 10.4 Å². The Kier molecular flexibility index (Phi) is 3.41. The van der Waals surface area contributed by atoms with Gasteiger partial charge < -0.3 is 0 Å². The zero-order chi connectivity index (χ0) is 12.1. The highest BCUT2D eigenvalue weighted by Crippen LogP contribution is 2.04. The minimum atomic E-state index is -2.24. The minimum absolute atomic E-state index is 1.14. The lowest BCUT2D eigenvalue weighted by molar-refractivity contribution is 0.774. The van der Waals surface area contributed by atoms with Crippen LogP contribution in [0.2, 0.25) is 6.55 Å². The van der Waals surface area contributed by atoms with Crippen LogP contribution >= 0.6 is 0 Å². The molecule has 0 spiro atoms. The second kappa shape index (κ2) is 4.99. The van der Waals surface area contributed by atoms with Gasteiger partial charge in [0, 0.05) is 0 Å². The lowest BCUT2D eigenvalue weighted by atomic mass is 10.4. The Balaban J connectivity index is 2.58. The third-order valence-electron chi connectivity index (χ3n) is 3.00. The summed E-state index contributed by atoms with van der Waals surface area (Å²) in [4.78, 5) is 0. The Hall–Kier alpha value is -1.85. The molecule has 0 bridgehead atoms. The molecule has 0 aliphatic heterocycles. The average Bonchev–Trinajstić information content (AvgIpc) is 2.41. The van der Waals surface area contributed by atoms with Crippen LogP contribution in [0.15, 0.2) is 60.7 Å². The summed E-state index contributed by atoms with van der Waals surface area (Å²) >= 11 is 0. The van der Waals surface area contributed by atoms with E-state index in [1.54, 1.807) is 6.17 Å². The molecule has 2 rings (SSSR count). The quantitative estimate of drug-likeness (QED) is 0.558. The van der Waals surface area contributed by atoms with E-state index >= 15 is 0 Å². The fraction of sp³-hybridized carbons (Fsp3) is 0.0667. The van der Waals surface area contributed by atoms with Crippen LogP contribution in [-0.4, -0.2) is 8.07 Å². The van der Waals surface area contributed by atoms with Gasteiger partial charge in [0.05, 0.1) is 6.17 Å². The molecule has 0 nitrogen and oxygen atoms in total. The van der Waals surface area contributed by atoms with Crippen molar-refractivity contribution in [1.82, 2.24) is 0 Å². The summed E-state index contributed by atoms with van der Waals surface area (Å²) in [6, 6.07) is 20.0. The molecule has 0 aliphatic carbocycles. The molecule has 0 fully saturated rings. The highest BCUT2D eigenvalue weighted by molar-refractivity contribution is 7.07. The first kappa shape index (κ1) is 11.6. The number of benzene rings is 2. The van der Waals surface area contributed by atoms with Gasteiger partial charge in [-0.1, -0.05) is 72.8 Å². The van der Waals surface area contributed by atoms with Crippen molar-refractivity contribution < 1.29 is 4.39 Å². The first-order chi connectivity index (χ1) is 8.27. The Bertz CT molecular complexity index is 498. The molecular formula is C15H13FSi. The predicted molar refractivity (Wildman–Crippen MR) is 72.7 cm³/mol. The van der Waals surface area contributed by atoms with Gasteiger partial charge in [0.25, 0.3) is 0 Å². The van der Waals surface area contributed by atoms with Crippen molar-refractivity contribution in [2.75, 3.05) is 0 Å². The summed E-state index contributed by atoms with van der Waals surface area (Å²) in [5.41, 5.74) is 2.81. The number of hydrogen-bond acceptors (Lipinski definition) is 0. The van der Waals surface area contributed by atoms with E-state index in [2.05, 4.69) is 12.1 Å². The van der Waals surface area contributed by atoms with E-state index < -0.39 is 8.07 Å². The van der Waals surface area contributed by atoms with Gasteiger partial charge in [0.15, 0.2) is 8.07 Å². The monoisotopic (exact) mass is 240 g/mol. The molecule has 0 amide bonds. The Morgan fingerprint density at radius 1 is 0.824 bits per heavy atom. The normalized spacial score (nSPS) is 10.5. The van der Waals surface area contributed by atoms with E-state index in [1.165, 1.54) is 0 Å². The lowest BCUT2D eigenvalue weighted by Gasteiger charge is -2.21. The third kappa shape index (κ3) is 2.30. The van der Waals surface area contributed by atoms with Gasteiger partial charge in [0.1, 0.15) is 0 Å². The molecule has 0 atom stereocenters. The minimum Gasteiger partial charge on any atom is -0.145 e. The Labute approximate surface area is 102 Å². The second-order valence-corrected chi connectivity index (χ2v) is 7.73. The van der Waals surface area contributed by atoms with Crippen molar-refractivity contribution in [2.24, 2.45) is 0 Å². The van der Waals surface area contributed by atoms with E-state index in [4.69, 9.17) is 0 Å². The van der Waals surface area contributed by atoms with Crippen LogP contribution in [0, 0.1) is 11.7 Å². The molecule has 0 aromatic heterocycles. The van der Waals surface area contributed by atoms with Crippen LogP contribution in [0.4, 0.5) is 4.39 Å². The molecule has 84 valence electrons. The van der Waals surface area contributed by atoms with Crippen molar-refractivity contribution in [3.05, 3.63) is 60.7 Å². The molecule has 2 heteroatoms. The van der Waals surface area contributed by atoms with Crippen LogP contribution in [-0.2, 0) is 0 Å². The summed E-state index contributed by atoms with van der Waals surface area (Å²) < 4.78 is 12.5. The Morgan fingerprint density at radius 2 is 1.24 bits per heavy atom. The van der Waals surface area contributed by atoms with Gasteiger partial charge in [-0.25, -0.2) is 0 Å². The zero-order valence-electron chi connectivity index (χ0n) is 9.65. The maximum absolute atomic E-state index is 12.5. The summed E-state index contributed by atoms with van der Waals surface area (Å²) in [6.07, 6.45) is 1.62. The molecule has 0 aliphatic rings. The van der Waals surface area contributed by atoms with Crippen molar-refractivity contribution >= 4 is 18.4 Å². The van der Waals surface area contributed by atoms with Gasteiger partial charge in [-0.05, 0) is 10.4 Å². The Morgan fingerprint density at radius 3 is 1.59 bits per heavy atom. The molecule has 0 unspecified atom stereocenters. The number of hydrogen-bond donors (Lipinski definition) is 0. The van der Waals surface area contributed by atoms with Crippen molar-refractivity contribution in [3.8, 4) is 11.7 Å². The summed E-state index contributed by atoms with van der Waals surface area (Å²) in [6.45, 7) is 2.07. The highest BCUT2D eigenvalue weighted by Gasteiger charge is 2.30. The predicted octanol–water partition coefficient (Wildman–Crippen LogP) is 2.35. The molecule has 17 heavy (non-hydrogen) atoms. The highest BCUT2D eigenvalue weighted by atomic mass is 28.3. The number of rotatable bonds is 2. The molecular weight excluding hydrogens is 227 g/mol. The fourth-order valence-corrected chi connectivity index (χ4v) is 4.48. The molecule has 2 aromatic carbocycles. The van der Waals surface area contributed by atoms with Crippen molar-refractivity contribution in [2.45, 2.75) is 6.55 Å². The second-order valence-electron chi connectivity index (χ2n) is 4.08. The van der Waals surface area contributed by atoms with Crippen LogP contribution in [0.25, 0.3) is 0 Å². The van der Waals surface area contributed by atoms with E-state index in [0.717, 1.165) is 10.4 Å².